The number of nitrogens with zero attached hydrogens (tertiary/aromatic N) is 5. The van der Waals surface area contributed by atoms with Crippen molar-refractivity contribution in [1.29, 1.82) is 0 Å². The Morgan fingerprint density at radius 1 is 1.46 bits per heavy atom. The molecule has 4 N–H and O–H groups in total. The van der Waals surface area contributed by atoms with E-state index >= 15 is 0 Å². The van der Waals surface area contributed by atoms with E-state index in [1.165, 1.54) is 23.6 Å². The molecule has 0 saturated carbocycles. The molecule has 3 rings (SSSR count). The summed E-state index contributed by atoms with van der Waals surface area (Å²) in [5.74, 6) is -1.13. The van der Waals surface area contributed by atoms with Gasteiger partial charge in [-0.25, -0.2) is 4.98 Å². The van der Waals surface area contributed by atoms with E-state index in [2.05, 4.69) is 15.2 Å². The molecule has 2 heterocycles. The lowest BCUT2D eigenvalue weighted by Crippen LogP contribution is -2.21. The van der Waals surface area contributed by atoms with E-state index in [-0.39, 0.29) is 18.4 Å². The van der Waals surface area contributed by atoms with Gasteiger partial charge < -0.3 is 11.5 Å². The summed E-state index contributed by atoms with van der Waals surface area (Å²) in [6, 6.07) is 3.58. The van der Waals surface area contributed by atoms with Gasteiger partial charge in [0.2, 0.25) is 11.8 Å². The molecule has 1 aromatic carbocycles. The number of imidazole rings is 1. The molecular weight excluding hydrogens is 385 g/mol. The van der Waals surface area contributed by atoms with Crippen LogP contribution in [0.2, 0.25) is 0 Å². The maximum atomic E-state index is 13.6. The van der Waals surface area contributed by atoms with Crippen molar-refractivity contribution in [2.75, 3.05) is 0 Å². The molecule has 0 fully saturated rings. The largest absolute Gasteiger partial charge is 0.369 e. The first-order valence-corrected chi connectivity index (χ1v) is 7.73. The minimum Gasteiger partial charge on any atom is -0.369 e. The summed E-state index contributed by atoms with van der Waals surface area (Å²) in [5.41, 5.74) is 11.2. The molecule has 0 amide bonds. The number of hydrogen-bond acceptors (Lipinski definition) is 6. The van der Waals surface area contributed by atoms with Gasteiger partial charge in [-0.3, -0.25) is 14.5 Å². The van der Waals surface area contributed by atoms with E-state index in [1.807, 2.05) is 13.1 Å². The number of guanidine groups is 1. The number of aromatic nitrogens is 2. The number of thiazole rings is 1. The Morgan fingerprint density at radius 3 is 2.85 bits per heavy atom. The molecule has 0 aliphatic carbocycles. The van der Waals surface area contributed by atoms with Crippen molar-refractivity contribution in [3.63, 3.8) is 0 Å². The Hall–Kier alpha value is -3.05. The number of halogens is 2. The summed E-state index contributed by atoms with van der Waals surface area (Å²) < 4.78 is 15.3. The normalized spacial score (nSPS) is 10.8. The van der Waals surface area contributed by atoms with Crippen LogP contribution in [0.15, 0.2) is 34.6 Å². The Labute approximate surface area is 156 Å². The minimum absolute atomic E-state index is 0. The van der Waals surface area contributed by atoms with Gasteiger partial charge in [-0.2, -0.15) is 9.49 Å². The van der Waals surface area contributed by atoms with Crippen molar-refractivity contribution in [2.45, 2.75) is 6.92 Å². The number of rotatable bonds is 4. The lowest BCUT2D eigenvalue weighted by atomic mass is 10.1. The average molecular weight is 398 g/mol. The number of nitrogens with two attached hydrogens (primary N) is 2. The molecule has 3 aromatic rings. The molecule has 0 spiro atoms. The second-order valence-electron chi connectivity index (χ2n) is 5.03. The molecule has 26 heavy (non-hydrogen) atoms. The Kier molecular flexibility index (Phi) is 5.53. The van der Waals surface area contributed by atoms with Gasteiger partial charge in [0.05, 0.1) is 22.5 Å². The highest BCUT2D eigenvalue weighted by Crippen LogP contribution is 2.30. The van der Waals surface area contributed by atoms with Crippen LogP contribution < -0.4 is 11.5 Å². The number of hydrogen-bond donors (Lipinski definition) is 2. The number of fused-ring (bicyclic) bond motifs is 1. The van der Waals surface area contributed by atoms with Gasteiger partial charge in [-0.1, -0.05) is 0 Å². The predicted octanol–water partition coefficient (Wildman–Crippen LogP) is 2.45. The Morgan fingerprint density at radius 2 is 2.19 bits per heavy atom. The fourth-order valence-electron chi connectivity index (χ4n) is 2.26. The molecule has 2 aromatic heterocycles. The van der Waals surface area contributed by atoms with E-state index in [4.69, 9.17) is 11.5 Å². The van der Waals surface area contributed by atoms with Crippen LogP contribution in [-0.2, 0) is 0 Å². The maximum absolute atomic E-state index is 13.6. The zero-order valence-corrected chi connectivity index (χ0v) is 14.9. The number of aryl methyl sites for hydroxylation is 1. The first-order valence-electron chi connectivity index (χ1n) is 6.91. The summed E-state index contributed by atoms with van der Waals surface area (Å²) in [7, 11) is 0. The highest BCUT2D eigenvalue weighted by atomic mass is 35.5. The number of nitro groups is 1. The fourth-order valence-corrected chi connectivity index (χ4v) is 3.09. The van der Waals surface area contributed by atoms with Crippen LogP contribution in [0.3, 0.4) is 0 Å². The molecule has 0 radical (unpaired) electrons. The SMILES string of the molecule is Cc1cn2c(/C=N\N=C(N)N)c(-c3ccc(F)c([N+](=O)[O-])c3)nc2s1.Cl. The quantitative estimate of drug-likeness (QED) is 0.301. The van der Waals surface area contributed by atoms with E-state index < -0.39 is 16.4 Å². The second-order valence-corrected chi connectivity index (χ2v) is 6.25. The van der Waals surface area contributed by atoms with Crippen molar-refractivity contribution in [3.05, 3.63) is 50.9 Å². The van der Waals surface area contributed by atoms with Crippen LogP contribution in [0.1, 0.15) is 10.6 Å². The standard InChI is InChI=1S/C14H12FN7O2S.ClH/c1-7-6-21-11(5-18-20-13(16)17)12(19-14(21)25-7)8-2-3-9(15)10(4-8)22(23)24;/h2-6H,1H3,(H4,16,17,20);1H/b18-5-;. The molecule has 9 nitrogen and oxygen atoms in total. The van der Waals surface area contributed by atoms with Crippen molar-refractivity contribution < 1.29 is 9.31 Å². The molecular formula is C14H13ClFN7O2S. The second kappa shape index (κ2) is 7.45. The molecule has 0 bridgehead atoms. The fraction of sp³-hybridized carbons (Fsp3) is 0.0714. The lowest BCUT2D eigenvalue weighted by Gasteiger charge is -2.01. The van der Waals surface area contributed by atoms with Crippen LogP contribution >= 0.6 is 23.7 Å². The third kappa shape index (κ3) is 3.63. The molecule has 12 heteroatoms. The van der Waals surface area contributed by atoms with Gasteiger partial charge in [0, 0.05) is 22.7 Å². The van der Waals surface area contributed by atoms with Gasteiger partial charge >= 0.3 is 5.69 Å². The molecule has 0 saturated heterocycles. The maximum Gasteiger partial charge on any atom is 0.305 e. The third-order valence-corrected chi connectivity index (χ3v) is 4.15. The van der Waals surface area contributed by atoms with Crippen molar-refractivity contribution in [1.82, 2.24) is 9.38 Å². The third-order valence-electron chi connectivity index (χ3n) is 3.25. The summed E-state index contributed by atoms with van der Waals surface area (Å²) in [6.07, 6.45) is 3.22. The predicted molar refractivity (Wildman–Crippen MR) is 101 cm³/mol. The summed E-state index contributed by atoms with van der Waals surface area (Å²) in [5, 5.41) is 18.3. The molecule has 0 atom stereocenters. The Balaban J connectivity index is 0.00000243. The van der Waals surface area contributed by atoms with Crippen molar-refractivity contribution in [3.8, 4) is 11.3 Å². The van der Waals surface area contributed by atoms with Gasteiger partial charge in [0.1, 0.15) is 0 Å². The molecule has 0 aliphatic rings. The van der Waals surface area contributed by atoms with Crippen LogP contribution in [0.25, 0.3) is 16.2 Å². The topological polar surface area (TPSA) is 137 Å². The van der Waals surface area contributed by atoms with Gasteiger partial charge in [0.25, 0.3) is 0 Å². The first kappa shape index (κ1) is 19.3. The summed E-state index contributed by atoms with van der Waals surface area (Å²) in [4.78, 5) is 16.3. The van der Waals surface area contributed by atoms with E-state index in [9.17, 15) is 14.5 Å². The van der Waals surface area contributed by atoms with Crippen molar-refractivity contribution in [2.24, 2.45) is 21.7 Å². The minimum atomic E-state index is -0.915. The van der Waals surface area contributed by atoms with Crippen LogP contribution in [0.4, 0.5) is 10.1 Å². The van der Waals surface area contributed by atoms with Gasteiger partial charge in [-0.05, 0) is 19.1 Å². The zero-order chi connectivity index (χ0) is 18.1. The Bertz CT molecular complexity index is 1040. The summed E-state index contributed by atoms with van der Waals surface area (Å²) >= 11 is 1.43. The molecule has 136 valence electrons. The van der Waals surface area contributed by atoms with Crippen LogP contribution in [-0.4, -0.2) is 26.5 Å². The smallest absolute Gasteiger partial charge is 0.305 e. The van der Waals surface area contributed by atoms with E-state index in [0.717, 1.165) is 17.0 Å². The monoisotopic (exact) mass is 397 g/mol. The zero-order valence-electron chi connectivity index (χ0n) is 13.3. The highest BCUT2D eigenvalue weighted by molar-refractivity contribution is 7.17. The van der Waals surface area contributed by atoms with Crippen molar-refractivity contribution >= 4 is 46.6 Å². The van der Waals surface area contributed by atoms with E-state index in [0.29, 0.717) is 21.9 Å². The molecule has 0 aliphatic heterocycles. The number of benzene rings is 1. The summed E-state index contributed by atoms with van der Waals surface area (Å²) in [6.45, 7) is 1.92. The average Bonchev–Trinajstić information content (AvgIpc) is 3.04. The lowest BCUT2D eigenvalue weighted by molar-refractivity contribution is -0.387. The number of nitro benzene ring substituents is 1. The van der Waals surface area contributed by atoms with E-state index in [1.54, 1.807) is 4.40 Å². The molecule has 0 unspecified atom stereocenters. The van der Waals surface area contributed by atoms with Crippen LogP contribution in [0, 0.1) is 22.9 Å². The van der Waals surface area contributed by atoms with Gasteiger partial charge in [-0.15, -0.1) is 28.8 Å². The first-order chi connectivity index (χ1) is 11.9. The van der Waals surface area contributed by atoms with Gasteiger partial charge in [0.15, 0.2) is 4.96 Å². The highest BCUT2D eigenvalue weighted by Gasteiger charge is 2.20. The van der Waals surface area contributed by atoms with Crippen LogP contribution in [0.5, 0.6) is 0 Å².